The molecule has 0 N–H and O–H groups in total. The van der Waals surface area contributed by atoms with Gasteiger partial charge in [-0.1, -0.05) is 54.6 Å². The van der Waals surface area contributed by atoms with Gasteiger partial charge < -0.3 is 14.2 Å². The van der Waals surface area contributed by atoms with Crippen LogP contribution in [-0.2, 0) is 19.0 Å². The SMILES string of the molecule is CC1(C)O[C@@H](C/C=C/[C@H]2CC=CC(=O)O2)C[C@H](/C=C/c2ccccc2)O1. The highest BCUT2D eigenvalue weighted by molar-refractivity contribution is 5.82. The number of benzene rings is 1. The third-order valence-corrected chi connectivity index (χ3v) is 4.32. The lowest BCUT2D eigenvalue weighted by atomic mass is 10.0. The first-order chi connectivity index (χ1) is 12.5. The molecule has 0 aliphatic carbocycles. The molecule has 3 rings (SSSR count). The molecular weight excluding hydrogens is 328 g/mol. The summed E-state index contributed by atoms with van der Waals surface area (Å²) in [7, 11) is 0. The molecule has 1 aromatic carbocycles. The first kappa shape index (κ1) is 18.6. The Morgan fingerprint density at radius 1 is 1.12 bits per heavy atom. The van der Waals surface area contributed by atoms with Crippen LogP contribution < -0.4 is 0 Å². The highest BCUT2D eigenvalue weighted by Crippen LogP contribution is 2.29. The van der Waals surface area contributed by atoms with Gasteiger partial charge in [0.25, 0.3) is 0 Å². The molecule has 0 bridgehead atoms. The van der Waals surface area contributed by atoms with Crippen LogP contribution in [0.3, 0.4) is 0 Å². The van der Waals surface area contributed by atoms with Crippen molar-refractivity contribution in [3.63, 3.8) is 0 Å². The van der Waals surface area contributed by atoms with Crippen LogP contribution in [0.25, 0.3) is 6.08 Å². The zero-order valence-corrected chi connectivity index (χ0v) is 15.3. The monoisotopic (exact) mass is 354 g/mol. The summed E-state index contributed by atoms with van der Waals surface area (Å²) in [5.74, 6) is -0.900. The van der Waals surface area contributed by atoms with Crippen LogP contribution in [0.15, 0.2) is 60.7 Å². The minimum atomic E-state index is -0.623. The number of rotatable bonds is 5. The van der Waals surface area contributed by atoms with Crippen molar-refractivity contribution in [1.29, 1.82) is 0 Å². The summed E-state index contributed by atoms with van der Waals surface area (Å²) in [5.41, 5.74) is 1.16. The third-order valence-electron chi connectivity index (χ3n) is 4.32. The molecule has 0 amide bonds. The topological polar surface area (TPSA) is 44.8 Å². The first-order valence-corrected chi connectivity index (χ1v) is 9.13. The Morgan fingerprint density at radius 2 is 1.92 bits per heavy atom. The van der Waals surface area contributed by atoms with Gasteiger partial charge in [-0.05, 0) is 31.9 Å². The molecule has 26 heavy (non-hydrogen) atoms. The van der Waals surface area contributed by atoms with Gasteiger partial charge in [0, 0.05) is 18.9 Å². The van der Waals surface area contributed by atoms with Crippen LogP contribution in [-0.4, -0.2) is 30.1 Å². The Hall–Kier alpha value is -2.17. The van der Waals surface area contributed by atoms with E-state index in [1.54, 1.807) is 0 Å². The number of cyclic esters (lactones) is 1. The number of carbonyl (C=O) groups is 1. The van der Waals surface area contributed by atoms with Gasteiger partial charge in [-0.25, -0.2) is 4.79 Å². The van der Waals surface area contributed by atoms with Crippen molar-refractivity contribution in [1.82, 2.24) is 0 Å². The summed E-state index contributed by atoms with van der Waals surface area (Å²) < 4.78 is 17.3. The molecule has 2 heterocycles. The molecule has 1 saturated heterocycles. The van der Waals surface area contributed by atoms with Crippen LogP contribution in [0.2, 0.25) is 0 Å². The van der Waals surface area contributed by atoms with Crippen molar-refractivity contribution in [2.24, 2.45) is 0 Å². The van der Waals surface area contributed by atoms with E-state index in [1.807, 2.05) is 50.3 Å². The van der Waals surface area contributed by atoms with Crippen molar-refractivity contribution in [2.45, 2.75) is 57.2 Å². The quantitative estimate of drug-likeness (QED) is 0.580. The fourth-order valence-corrected chi connectivity index (χ4v) is 3.23. The second-order valence-electron chi connectivity index (χ2n) is 7.08. The smallest absolute Gasteiger partial charge is 0.331 e. The summed E-state index contributed by atoms with van der Waals surface area (Å²) in [6, 6.07) is 10.2. The summed E-state index contributed by atoms with van der Waals surface area (Å²) in [6.07, 6.45) is 13.7. The van der Waals surface area contributed by atoms with Crippen molar-refractivity contribution in [2.75, 3.05) is 0 Å². The van der Waals surface area contributed by atoms with Crippen molar-refractivity contribution in [3.05, 3.63) is 66.3 Å². The molecule has 0 saturated carbocycles. The van der Waals surface area contributed by atoms with E-state index in [1.165, 1.54) is 6.08 Å². The van der Waals surface area contributed by atoms with Crippen LogP contribution in [0.4, 0.5) is 0 Å². The maximum atomic E-state index is 11.3. The highest BCUT2D eigenvalue weighted by Gasteiger charge is 2.33. The number of ether oxygens (including phenoxy) is 3. The standard InChI is InChI=1S/C22H26O4/c1-22(2)25-19(12-6-10-18-11-7-13-21(23)24-18)16-20(26-22)15-14-17-8-4-3-5-9-17/h3-10,13-15,18-20H,11-12,16H2,1-2H3/b10-6+,15-14+/t18-,19-,20-/m0/s1. The van der Waals surface area contributed by atoms with E-state index in [4.69, 9.17) is 14.2 Å². The lowest BCUT2D eigenvalue weighted by Gasteiger charge is -2.39. The maximum Gasteiger partial charge on any atom is 0.331 e. The van der Waals surface area contributed by atoms with Gasteiger partial charge in [-0.2, -0.15) is 0 Å². The minimum absolute atomic E-state index is 0.00722. The van der Waals surface area contributed by atoms with E-state index in [0.29, 0.717) is 0 Å². The predicted octanol–water partition coefficient (Wildman–Crippen LogP) is 4.43. The predicted molar refractivity (Wildman–Crippen MR) is 101 cm³/mol. The van der Waals surface area contributed by atoms with Crippen molar-refractivity contribution >= 4 is 12.0 Å². The second kappa shape index (κ2) is 8.47. The van der Waals surface area contributed by atoms with Crippen LogP contribution >= 0.6 is 0 Å². The Bertz CT molecular complexity index is 687. The normalized spacial score (nSPS) is 28.5. The molecule has 1 aromatic rings. The molecule has 1 fully saturated rings. The average molecular weight is 354 g/mol. The van der Waals surface area contributed by atoms with E-state index in [2.05, 4.69) is 24.3 Å². The van der Waals surface area contributed by atoms with Gasteiger partial charge in [0.05, 0.1) is 12.2 Å². The van der Waals surface area contributed by atoms with Crippen LogP contribution in [0.5, 0.6) is 0 Å². The summed E-state index contributed by atoms with van der Waals surface area (Å²) in [6.45, 7) is 3.89. The highest BCUT2D eigenvalue weighted by atomic mass is 16.7. The number of hydrogen-bond acceptors (Lipinski definition) is 4. The van der Waals surface area contributed by atoms with Gasteiger partial charge in [0.15, 0.2) is 5.79 Å². The summed E-state index contributed by atoms with van der Waals surface area (Å²) in [5, 5.41) is 0. The lowest BCUT2D eigenvalue weighted by molar-refractivity contribution is -0.289. The molecule has 4 nitrogen and oxygen atoms in total. The average Bonchev–Trinajstić information content (AvgIpc) is 2.60. The van der Waals surface area contributed by atoms with Crippen LogP contribution in [0, 0.1) is 0 Å². The maximum absolute atomic E-state index is 11.3. The Labute approximate surface area is 155 Å². The van der Waals surface area contributed by atoms with Gasteiger partial charge >= 0.3 is 5.97 Å². The number of hydrogen-bond donors (Lipinski definition) is 0. The lowest BCUT2D eigenvalue weighted by Crippen LogP contribution is -2.43. The minimum Gasteiger partial charge on any atom is -0.455 e. The van der Waals surface area contributed by atoms with Crippen molar-refractivity contribution < 1.29 is 19.0 Å². The molecule has 2 aliphatic rings. The Balaban J connectivity index is 1.56. The Kier molecular flexibility index (Phi) is 6.07. The molecule has 0 radical (unpaired) electrons. The van der Waals surface area contributed by atoms with E-state index in [9.17, 15) is 4.79 Å². The fraction of sp³-hybridized carbons (Fsp3) is 0.409. The fourth-order valence-electron chi connectivity index (χ4n) is 3.23. The molecule has 4 heteroatoms. The second-order valence-corrected chi connectivity index (χ2v) is 7.08. The molecule has 2 aliphatic heterocycles. The van der Waals surface area contributed by atoms with Gasteiger partial charge in [-0.3, -0.25) is 0 Å². The largest absolute Gasteiger partial charge is 0.455 e. The molecule has 0 aromatic heterocycles. The third kappa shape index (κ3) is 5.68. The van der Waals surface area contributed by atoms with E-state index in [-0.39, 0.29) is 24.3 Å². The molecule has 0 spiro atoms. The van der Waals surface area contributed by atoms with Gasteiger partial charge in [0.1, 0.15) is 6.10 Å². The van der Waals surface area contributed by atoms with E-state index in [0.717, 1.165) is 24.8 Å². The zero-order valence-electron chi connectivity index (χ0n) is 15.3. The van der Waals surface area contributed by atoms with Crippen molar-refractivity contribution in [3.8, 4) is 0 Å². The molecule has 3 atom stereocenters. The molecule has 0 unspecified atom stereocenters. The number of carbonyl (C=O) groups excluding carboxylic acids is 1. The zero-order chi connectivity index (χ0) is 18.4. The molecular formula is C22H26O4. The van der Waals surface area contributed by atoms with Crippen LogP contribution in [0.1, 0.15) is 38.7 Å². The number of esters is 1. The van der Waals surface area contributed by atoms with E-state index < -0.39 is 5.79 Å². The summed E-state index contributed by atoms with van der Waals surface area (Å²) in [4.78, 5) is 11.3. The van der Waals surface area contributed by atoms with E-state index >= 15 is 0 Å². The Morgan fingerprint density at radius 3 is 2.69 bits per heavy atom. The van der Waals surface area contributed by atoms with Gasteiger partial charge in [-0.15, -0.1) is 0 Å². The molecule has 138 valence electrons. The van der Waals surface area contributed by atoms with Gasteiger partial charge in [0.2, 0.25) is 0 Å². The summed E-state index contributed by atoms with van der Waals surface area (Å²) >= 11 is 0. The first-order valence-electron chi connectivity index (χ1n) is 9.13.